The molecule has 0 aliphatic carbocycles. The maximum absolute atomic E-state index is 8.57. The first kappa shape index (κ1) is 11.8. The molecule has 0 saturated carbocycles. The van der Waals surface area contributed by atoms with Crippen molar-refractivity contribution in [3.05, 3.63) is 24.3 Å². The van der Waals surface area contributed by atoms with Crippen LogP contribution in [-0.2, 0) is 0 Å². The van der Waals surface area contributed by atoms with Gasteiger partial charge in [-0.3, -0.25) is 0 Å². The van der Waals surface area contributed by atoms with Gasteiger partial charge < -0.3 is 9.80 Å². The Balaban J connectivity index is 1.99. The van der Waals surface area contributed by atoms with Crippen molar-refractivity contribution in [2.75, 3.05) is 36.5 Å². The zero-order valence-electron chi connectivity index (χ0n) is 10.4. The van der Waals surface area contributed by atoms with Crippen molar-refractivity contribution in [2.45, 2.75) is 19.3 Å². The fourth-order valence-electron chi connectivity index (χ4n) is 2.24. The fraction of sp³-hybridized carbons (Fsp3) is 0.500. The highest BCUT2D eigenvalue weighted by Crippen LogP contribution is 2.23. The largest absolute Gasteiger partial charge is 0.374 e. The summed E-state index contributed by atoms with van der Waals surface area (Å²) in [6, 6.07) is 10.8. The molecule has 0 N–H and O–H groups in total. The van der Waals surface area contributed by atoms with E-state index in [0.29, 0.717) is 6.42 Å². The lowest BCUT2D eigenvalue weighted by Gasteiger charge is -2.21. The number of hydrogen-bond donors (Lipinski definition) is 0. The van der Waals surface area contributed by atoms with Crippen LogP contribution in [0.2, 0.25) is 0 Å². The summed E-state index contributed by atoms with van der Waals surface area (Å²) in [6.07, 6.45) is 3.19. The molecule has 0 amide bonds. The summed E-state index contributed by atoms with van der Waals surface area (Å²) in [5.74, 6) is 0. The Hall–Kier alpha value is -1.69. The SMILES string of the molecule is CN(CCC#N)c1ccc(N2CCCC2)cc1. The first-order valence-corrected chi connectivity index (χ1v) is 6.24. The molecule has 3 heteroatoms. The summed E-state index contributed by atoms with van der Waals surface area (Å²) in [4.78, 5) is 4.55. The van der Waals surface area contributed by atoms with E-state index in [1.54, 1.807) is 0 Å². The molecule has 1 heterocycles. The number of rotatable bonds is 4. The molecule has 1 aromatic carbocycles. The molecule has 3 nitrogen and oxygen atoms in total. The first-order chi connectivity index (χ1) is 8.31. The predicted molar refractivity (Wildman–Crippen MR) is 71.4 cm³/mol. The number of benzene rings is 1. The minimum Gasteiger partial charge on any atom is -0.374 e. The highest BCUT2D eigenvalue weighted by Gasteiger charge is 2.12. The summed E-state index contributed by atoms with van der Waals surface area (Å²) in [6.45, 7) is 3.16. The summed E-state index contributed by atoms with van der Waals surface area (Å²) >= 11 is 0. The van der Waals surface area contributed by atoms with Gasteiger partial charge in [-0.1, -0.05) is 0 Å². The van der Waals surface area contributed by atoms with Crippen molar-refractivity contribution in [2.24, 2.45) is 0 Å². The van der Waals surface area contributed by atoms with Crippen LogP contribution in [-0.4, -0.2) is 26.7 Å². The third kappa shape index (κ3) is 2.91. The minimum atomic E-state index is 0.574. The van der Waals surface area contributed by atoms with Gasteiger partial charge >= 0.3 is 0 Å². The molecule has 0 bridgehead atoms. The third-order valence-corrected chi connectivity index (χ3v) is 3.32. The Labute approximate surface area is 103 Å². The average molecular weight is 229 g/mol. The van der Waals surface area contributed by atoms with Crippen LogP contribution in [0.25, 0.3) is 0 Å². The van der Waals surface area contributed by atoms with Crippen molar-refractivity contribution in [3.8, 4) is 6.07 Å². The van der Waals surface area contributed by atoms with E-state index in [1.165, 1.54) is 37.3 Å². The molecule has 17 heavy (non-hydrogen) atoms. The second kappa shape index (κ2) is 5.58. The van der Waals surface area contributed by atoms with Crippen molar-refractivity contribution in [3.63, 3.8) is 0 Å². The van der Waals surface area contributed by atoms with Crippen LogP contribution >= 0.6 is 0 Å². The molecule has 2 rings (SSSR count). The normalized spacial score (nSPS) is 14.7. The van der Waals surface area contributed by atoms with Crippen LogP contribution in [0, 0.1) is 11.3 Å². The molecular formula is C14H19N3. The zero-order chi connectivity index (χ0) is 12.1. The van der Waals surface area contributed by atoms with Crippen molar-refractivity contribution in [1.82, 2.24) is 0 Å². The quantitative estimate of drug-likeness (QED) is 0.795. The van der Waals surface area contributed by atoms with Gasteiger partial charge in [0.2, 0.25) is 0 Å². The molecular weight excluding hydrogens is 210 g/mol. The van der Waals surface area contributed by atoms with E-state index < -0.39 is 0 Å². The summed E-state index contributed by atoms with van der Waals surface area (Å²) in [5.41, 5.74) is 2.50. The molecule has 0 atom stereocenters. The van der Waals surface area contributed by atoms with Gasteiger partial charge in [0, 0.05) is 38.1 Å². The maximum Gasteiger partial charge on any atom is 0.0640 e. The standard InChI is InChI=1S/C14H19N3/c1-16(10-4-9-15)13-5-7-14(8-6-13)17-11-2-3-12-17/h5-8H,2-4,10-12H2,1H3. The summed E-state index contributed by atoms with van der Waals surface area (Å²) in [7, 11) is 2.03. The predicted octanol–water partition coefficient (Wildman–Crippen LogP) is 2.64. The Morgan fingerprint density at radius 1 is 1.24 bits per heavy atom. The van der Waals surface area contributed by atoms with E-state index >= 15 is 0 Å². The molecule has 0 radical (unpaired) electrons. The fourth-order valence-corrected chi connectivity index (χ4v) is 2.24. The van der Waals surface area contributed by atoms with Crippen LogP contribution in [0.1, 0.15) is 19.3 Å². The smallest absolute Gasteiger partial charge is 0.0640 e. The first-order valence-electron chi connectivity index (χ1n) is 6.24. The van der Waals surface area contributed by atoms with Gasteiger partial charge in [-0.25, -0.2) is 0 Å². The Bertz CT molecular complexity index is 385. The molecule has 0 spiro atoms. The number of hydrogen-bond acceptors (Lipinski definition) is 3. The third-order valence-electron chi connectivity index (χ3n) is 3.32. The molecule has 1 aliphatic heterocycles. The van der Waals surface area contributed by atoms with E-state index in [1.807, 2.05) is 7.05 Å². The molecule has 1 aromatic rings. The average Bonchev–Trinajstić information content (AvgIpc) is 2.90. The van der Waals surface area contributed by atoms with Gasteiger partial charge in [0.25, 0.3) is 0 Å². The van der Waals surface area contributed by atoms with Gasteiger partial charge in [-0.05, 0) is 37.1 Å². The maximum atomic E-state index is 8.57. The van der Waals surface area contributed by atoms with E-state index in [0.717, 1.165) is 6.54 Å². The van der Waals surface area contributed by atoms with Gasteiger partial charge in [-0.2, -0.15) is 5.26 Å². The molecule has 1 aliphatic rings. The highest BCUT2D eigenvalue weighted by atomic mass is 15.1. The topological polar surface area (TPSA) is 30.3 Å². The van der Waals surface area contributed by atoms with Crippen LogP contribution < -0.4 is 9.80 Å². The van der Waals surface area contributed by atoms with Crippen LogP contribution in [0.15, 0.2) is 24.3 Å². The lowest BCUT2D eigenvalue weighted by atomic mass is 10.2. The number of anilines is 2. The zero-order valence-corrected chi connectivity index (χ0v) is 10.4. The highest BCUT2D eigenvalue weighted by molar-refractivity contribution is 5.56. The van der Waals surface area contributed by atoms with Gasteiger partial charge in [0.05, 0.1) is 12.5 Å². The Morgan fingerprint density at radius 2 is 1.88 bits per heavy atom. The lowest BCUT2D eigenvalue weighted by Crippen LogP contribution is -2.19. The van der Waals surface area contributed by atoms with Crippen LogP contribution in [0.3, 0.4) is 0 Å². The van der Waals surface area contributed by atoms with E-state index in [-0.39, 0.29) is 0 Å². The number of nitrogens with zero attached hydrogens (tertiary/aromatic N) is 3. The van der Waals surface area contributed by atoms with E-state index in [4.69, 9.17) is 5.26 Å². The van der Waals surface area contributed by atoms with Crippen molar-refractivity contribution < 1.29 is 0 Å². The second-order valence-corrected chi connectivity index (χ2v) is 4.54. The Kier molecular flexibility index (Phi) is 3.87. The van der Waals surface area contributed by atoms with Gasteiger partial charge in [0.1, 0.15) is 0 Å². The van der Waals surface area contributed by atoms with E-state index in [2.05, 4.69) is 40.1 Å². The van der Waals surface area contributed by atoms with Crippen molar-refractivity contribution in [1.29, 1.82) is 5.26 Å². The molecule has 1 saturated heterocycles. The lowest BCUT2D eigenvalue weighted by molar-refractivity contribution is 0.904. The van der Waals surface area contributed by atoms with Gasteiger partial charge in [-0.15, -0.1) is 0 Å². The summed E-state index contributed by atoms with van der Waals surface area (Å²) in [5, 5.41) is 8.57. The number of nitriles is 1. The summed E-state index contributed by atoms with van der Waals surface area (Å²) < 4.78 is 0. The van der Waals surface area contributed by atoms with E-state index in [9.17, 15) is 0 Å². The van der Waals surface area contributed by atoms with Gasteiger partial charge in [0.15, 0.2) is 0 Å². The van der Waals surface area contributed by atoms with Crippen LogP contribution in [0.5, 0.6) is 0 Å². The molecule has 1 fully saturated rings. The molecule has 90 valence electrons. The van der Waals surface area contributed by atoms with Crippen LogP contribution in [0.4, 0.5) is 11.4 Å². The monoisotopic (exact) mass is 229 g/mol. The minimum absolute atomic E-state index is 0.574. The molecule has 0 unspecified atom stereocenters. The second-order valence-electron chi connectivity index (χ2n) is 4.54. The van der Waals surface area contributed by atoms with Crippen molar-refractivity contribution >= 4 is 11.4 Å². The Morgan fingerprint density at radius 3 is 2.47 bits per heavy atom. The molecule has 0 aromatic heterocycles.